The lowest BCUT2D eigenvalue weighted by Gasteiger charge is -2.60. The van der Waals surface area contributed by atoms with Crippen LogP contribution < -0.4 is 29.0 Å². The molecule has 1 aromatic heterocycles. The van der Waals surface area contributed by atoms with Crippen molar-refractivity contribution in [1.82, 2.24) is 20.1 Å². The van der Waals surface area contributed by atoms with Gasteiger partial charge in [-0.05, 0) is 55.8 Å². The van der Waals surface area contributed by atoms with E-state index >= 15 is 4.79 Å². The first kappa shape index (κ1) is 38.0. The maximum atomic E-state index is 15.1. The molecule has 2 unspecified atom stereocenters. The second-order valence-corrected chi connectivity index (χ2v) is 17.5. The van der Waals surface area contributed by atoms with Crippen LogP contribution in [0.25, 0.3) is 10.9 Å². The molecule has 8 atom stereocenters. The number of nitrogens with one attached hydrogen (secondary N) is 2. The molecule has 16 nitrogen and oxygen atoms in total. The molecule has 4 aromatic rings. The largest absolute Gasteiger partial charge is 0.504 e. The van der Waals surface area contributed by atoms with Crippen LogP contribution in [0.2, 0.25) is 0 Å². The smallest absolute Gasteiger partial charge is 0.333 e. The number of fused-ring (bicyclic) bond motifs is 8. The Balaban J connectivity index is 1.25. The summed E-state index contributed by atoms with van der Waals surface area (Å²) in [5, 5.41) is 39.1. The number of aliphatic carboxylic acids is 1. The van der Waals surface area contributed by atoms with Gasteiger partial charge >= 0.3 is 17.9 Å². The number of carbonyl (C=O) groups excluding carboxylic acids is 2. The van der Waals surface area contributed by atoms with Gasteiger partial charge in [0.05, 0.1) is 37.2 Å². The Morgan fingerprint density at radius 2 is 1.81 bits per heavy atom. The van der Waals surface area contributed by atoms with Crippen LogP contribution in [0.1, 0.15) is 68.9 Å². The summed E-state index contributed by atoms with van der Waals surface area (Å²) in [6.07, 6.45) is 0.199. The van der Waals surface area contributed by atoms with Crippen molar-refractivity contribution >= 4 is 40.6 Å². The molecule has 2 fully saturated rings. The van der Waals surface area contributed by atoms with E-state index in [0.717, 1.165) is 10.9 Å². The second-order valence-electron chi connectivity index (χ2n) is 16.4. The molecule has 0 amide bonds. The van der Waals surface area contributed by atoms with Crippen LogP contribution in [0.3, 0.4) is 0 Å². The number of benzene rings is 3. The molecule has 8 aliphatic heterocycles. The van der Waals surface area contributed by atoms with E-state index < -0.39 is 58.6 Å². The molecule has 8 aliphatic rings. The van der Waals surface area contributed by atoms with Crippen LogP contribution in [0.5, 0.6) is 34.5 Å². The van der Waals surface area contributed by atoms with Gasteiger partial charge in [-0.25, -0.2) is 4.79 Å². The maximum Gasteiger partial charge on any atom is 0.333 e. The number of aromatic hydroxyl groups is 1. The number of H-pyrrole nitrogens is 1. The lowest BCUT2D eigenvalue weighted by Crippen LogP contribution is -2.70. The third kappa shape index (κ3) is 5.20. The molecule has 0 radical (unpaired) electrons. The summed E-state index contributed by atoms with van der Waals surface area (Å²) in [4.78, 5) is 48.5. The quantitative estimate of drug-likeness (QED) is 0.147. The SMILES string of the molecule is COc1ccc2[nH]c3c(c2c1)C[C@H](C(=O)O)N[C@]31CS[C@@H]2c3c(OC(C)=O)c(C)c4c(c3[C@H](COC1=O)N1[C@@H]2[C@@H]2c3c(cc(C)c(OC)c3O)CC1(O)CN2C)OCO4. The number of carboxylic acid groups (broad SMARTS) is 1. The summed E-state index contributed by atoms with van der Waals surface area (Å²) >= 11 is 1.35. The van der Waals surface area contributed by atoms with Gasteiger partial charge in [-0.2, -0.15) is 0 Å². The number of thioether (sulfide) groups is 1. The predicted octanol–water partition coefficient (Wildman–Crippen LogP) is 3.64. The number of aromatic amines is 1. The van der Waals surface area contributed by atoms with Crippen molar-refractivity contribution < 1.29 is 58.1 Å². The monoisotopic (exact) mass is 828 g/mol. The standard InChI is InChI=1S/C42H44N4O12S/c1-17-9-20-12-41(52)14-45(4)30(27(20)32(48)33(17)54-6)31-37-29-28(36-35(56-16-57-36)18(2)34(29)58-19(3)47)26(46(31)41)13-55-40(51)42(15-59-37)38-23(11-25(44-42)39(49)50)22-10-21(53-5)7-8-24(22)43-38/h7-10,25-26,30-31,37,43-44,48,52H,11-16H2,1-6H3,(H,49,50)/t25-,26+,30+,31-,37-,41?,42-/m1/s1. The van der Waals surface area contributed by atoms with Crippen LogP contribution in [0.15, 0.2) is 24.3 Å². The van der Waals surface area contributed by atoms with Gasteiger partial charge in [0.25, 0.3) is 0 Å². The number of phenols is 1. The molecule has 9 heterocycles. The fourth-order valence-corrected chi connectivity index (χ4v) is 12.6. The van der Waals surface area contributed by atoms with Crippen LogP contribution in [-0.2, 0) is 37.5 Å². The number of hydrogen-bond donors (Lipinski definition) is 5. The van der Waals surface area contributed by atoms with Gasteiger partial charge in [0, 0.05) is 71.3 Å². The minimum Gasteiger partial charge on any atom is -0.504 e. The number of ether oxygens (including phenoxy) is 6. The van der Waals surface area contributed by atoms with Gasteiger partial charge in [0.15, 0.2) is 28.5 Å². The molecule has 59 heavy (non-hydrogen) atoms. The average Bonchev–Trinajstić information content (AvgIpc) is 3.78. The minimum atomic E-state index is -1.71. The highest BCUT2D eigenvalue weighted by atomic mass is 32.2. The number of phenolic OH excluding ortho intramolecular Hbond substituents is 1. The topological polar surface area (TPSA) is 202 Å². The Morgan fingerprint density at radius 3 is 2.54 bits per heavy atom. The first-order valence-electron chi connectivity index (χ1n) is 19.4. The molecular formula is C42H44N4O12S. The summed E-state index contributed by atoms with van der Waals surface area (Å²) in [5.74, 6) is -0.567. The van der Waals surface area contributed by atoms with Gasteiger partial charge in [0.1, 0.15) is 29.9 Å². The molecule has 3 aromatic carbocycles. The number of carboxylic acids is 1. The number of hydrogen-bond acceptors (Lipinski definition) is 15. The summed E-state index contributed by atoms with van der Waals surface area (Å²) in [6.45, 7) is 4.70. The van der Waals surface area contributed by atoms with Crippen molar-refractivity contribution in [2.45, 2.75) is 74.3 Å². The third-order valence-corrected chi connectivity index (χ3v) is 14.6. The average molecular weight is 829 g/mol. The third-order valence-electron chi connectivity index (χ3n) is 13.1. The fourth-order valence-electron chi connectivity index (χ4n) is 10.9. The summed E-state index contributed by atoms with van der Waals surface area (Å²) < 4.78 is 36.1. The number of nitrogens with zero attached hydrogens (tertiary/aromatic N) is 2. The van der Waals surface area contributed by atoms with E-state index in [1.54, 1.807) is 20.1 Å². The van der Waals surface area contributed by atoms with Crippen molar-refractivity contribution in [3.8, 4) is 34.5 Å². The number of carbonyl (C=O) groups is 3. The number of aromatic nitrogens is 1. The molecular weight excluding hydrogens is 785 g/mol. The zero-order valence-electron chi connectivity index (χ0n) is 33.3. The molecule has 0 aliphatic carbocycles. The van der Waals surface area contributed by atoms with Gasteiger partial charge in [-0.3, -0.25) is 24.7 Å². The molecule has 1 spiro atoms. The summed E-state index contributed by atoms with van der Waals surface area (Å²) in [7, 11) is 4.96. The highest BCUT2D eigenvalue weighted by Gasteiger charge is 2.64. The zero-order chi connectivity index (χ0) is 41.4. The van der Waals surface area contributed by atoms with E-state index in [-0.39, 0.29) is 50.0 Å². The zero-order valence-corrected chi connectivity index (χ0v) is 34.1. The Hall–Kier alpha value is -5.20. The van der Waals surface area contributed by atoms with E-state index in [9.17, 15) is 24.9 Å². The number of esters is 2. The Labute approximate surface area is 342 Å². The molecule has 17 heteroatoms. The first-order valence-corrected chi connectivity index (χ1v) is 20.5. The molecule has 4 bridgehead atoms. The van der Waals surface area contributed by atoms with Crippen molar-refractivity contribution in [3.63, 3.8) is 0 Å². The highest BCUT2D eigenvalue weighted by Crippen LogP contribution is 2.65. The Morgan fingerprint density at radius 1 is 1.03 bits per heavy atom. The Bertz CT molecular complexity index is 2520. The first-order chi connectivity index (χ1) is 28.2. The second kappa shape index (κ2) is 13.1. The highest BCUT2D eigenvalue weighted by molar-refractivity contribution is 7.99. The number of aliphatic hydroxyl groups is 1. The predicted molar refractivity (Wildman–Crippen MR) is 211 cm³/mol. The van der Waals surface area contributed by atoms with Gasteiger partial charge in [0.2, 0.25) is 6.79 Å². The van der Waals surface area contributed by atoms with E-state index in [1.807, 2.05) is 42.0 Å². The molecule has 2 saturated heterocycles. The number of likely N-dealkylation sites (N-methyl/N-ethyl adjacent to an activating group) is 1. The lowest BCUT2D eigenvalue weighted by atomic mass is 9.78. The lowest BCUT2D eigenvalue weighted by molar-refractivity contribution is -0.215. The van der Waals surface area contributed by atoms with Crippen molar-refractivity contribution in [1.29, 1.82) is 0 Å². The van der Waals surface area contributed by atoms with E-state index in [2.05, 4.69) is 10.3 Å². The molecule has 0 saturated carbocycles. The molecule has 5 N–H and O–H groups in total. The normalized spacial score (nSPS) is 30.2. The summed E-state index contributed by atoms with van der Waals surface area (Å²) in [5.41, 5.74) is 2.25. The Kier molecular flexibility index (Phi) is 8.48. The van der Waals surface area contributed by atoms with Gasteiger partial charge < -0.3 is 48.7 Å². The number of piperazine rings is 1. The molecule has 12 rings (SSSR count). The maximum absolute atomic E-state index is 15.1. The molecule has 310 valence electrons. The van der Waals surface area contributed by atoms with E-state index in [4.69, 9.17) is 28.4 Å². The number of rotatable bonds is 4. The van der Waals surface area contributed by atoms with Crippen LogP contribution in [0, 0.1) is 13.8 Å². The summed E-state index contributed by atoms with van der Waals surface area (Å²) in [6, 6.07) is 4.06. The van der Waals surface area contributed by atoms with E-state index in [0.29, 0.717) is 67.6 Å². The number of aryl methyl sites for hydroxylation is 1. The van der Waals surface area contributed by atoms with E-state index in [1.165, 1.54) is 25.8 Å². The van der Waals surface area contributed by atoms with Crippen molar-refractivity contribution in [2.75, 3.05) is 47.0 Å². The van der Waals surface area contributed by atoms with Gasteiger partial charge in [-0.1, -0.05) is 6.07 Å². The minimum absolute atomic E-state index is 0.0370. The number of methoxy groups -OCH3 is 2. The van der Waals surface area contributed by atoms with Crippen LogP contribution in [-0.4, -0.2) is 113 Å². The van der Waals surface area contributed by atoms with Crippen molar-refractivity contribution in [2.24, 2.45) is 0 Å². The van der Waals surface area contributed by atoms with Crippen LogP contribution >= 0.6 is 11.8 Å². The van der Waals surface area contributed by atoms with Crippen molar-refractivity contribution in [3.05, 3.63) is 68.9 Å². The van der Waals surface area contributed by atoms with Gasteiger partial charge in [-0.15, -0.1) is 11.8 Å². The fraction of sp³-hybridized carbons (Fsp3) is 0.452. The van der Waals surface area contributed by atoms with Crippen LogP contribution in [0.4, 0.5) is 0 Å².